The number of amides is 1. The molecule has 37 heavy (non-hydrogen) atoms. The maximum absolute atomic E-state index is 13.8. The topological polar surface area (TPSA) is 83.4 Å². The van der Waals surface area contributed by atoms with Gasteiger partial charge in [-0.25, -0.2) is 10.0 Å². The van der Waals surface area contributed by atoms with E-state index in [1.54, 1.807) is 19.1 Å². The van der Waals surface area contributed by atoms with Crippen molar-refractivity contribution in [3.8, 4) is 5.75 Å². The van der Waals surface area contributed by atoms with Crippen LogP contribution in [0.1, 0.15) is 35.6 Å². The van der Waals surface area contributed by atoms with Crippen molar-refractivity contribution >= 4 is 17.9 Å². The minimum atomic E-state index is -1.22. The fourth-order valence-electron chi connectivity index (χ4n) is 4.18. The van der Waals surface area contributed by atoms with E-state index in [9.17, 15) is 4.79 Å². The fourth-order valence-corrected chi connectivity index (χ4v) is 4.18. The minimum absolute atomic E-state index is 0.0828. The van der Waals surface area contributed by atoms with Crippen LogP contribution < -0.4 is 10.2 Å². The standard InChI is InChI=1S/C30H33N3O4/c1-33(2)32-29(35)30(20-9-13-23-11-5-3-6-12-23)27(24-14-7-4-8-15-24)37-28(31-30)25-16-18-26(19-17-25)36-22-10-21-34/h3-9,11-19,27,34H,10,20-22H2,1-2H3,(H,32,35)/b13-9+/t27-,30-/m0/s1. The molecule has 1 aliphatic rings. The third-order valence-corrected chi connectivity index (χ3v) is 6.00. The molecule has 1 aliphatic heterocycles. The average Bonchev–Trinajstić information content (AvgIpc) is 3.31. The Hall–Kier alpha value is -3.94. The number of hydrogen-bond acceptors (Lipinski definition) is 6. The van der Waals surface area contributed by atoms with Crippen LogP contribution in [-0.4, -0.2) is 54.8 Å². The summed E-state index contributed by atoms with van der Waals surface area (Å²) < 4.78 is 12.1. The van der Waals surface area contributed by atoms with Gasteiger partial charge in [0.05, 0.1) is 6.61 Å². The summed E-state index contributed by atoms with van der Waals surface area (Å²) in [6, 6.07) is 27.1. The quantitative estimate of drug-likeness (QED) is 0.302. The zero-order valence-corrected chi connectivity index (χ0v) is 21.2. The van der Waals surface area contributed by atoms with E-state index in [0.717, 1.165) is 16.7 Å². The molecule has 0 aliphatic carbocycles. The first-order valence-electron chi connectivity index (χ1n) is 12.4. The van der Waals surface area contributed by atoms with E-state index in [1.807, 2.05) is 97.1 Å². The lowest BCUT2D eigenvalue weighted by Crippen LogP contribution is -2.52. The lowest BCUT2D eigenvalue weighted by molar-refractivity contribution is -0.132. The number of rotatable bonds is 11. The molecule has 7 heteroatoms. The smallest absolute Gasteiger partial charge is 0.266 e. The second-order valence-corrected chi connectivity index (χ2v) is 9.05. The summed E-state index contributed by atoms with van der Waals surface area (Å²) >= 11 is 0. The van der Waals surface area contributed by atoms with Gasteiger partial charge in [-0.2, -0.15) is 0 Å². The molecule has 3 aromatic rings. The number of benzene rings is 3. The van der Waals surface area contributed by atoms with Gasteiger partial charge in [0.25, 0.3) is 5.91 Å². The van der Waals surface area contributed by atoms with E-state index in [2.05, 4.69) is 5.43 Å². The Balaban J connectivity index is 1.71. The minimum Gasteiger partial charge on any atom is -0.494 e. The van der Waals surface area contributed by atoms with Gasteiger partial charge in [0.15, 0.2) is 11.6 Å². The monoisotopic (exact) mass is 499 g/mol. The normalized spacial score (nSPS) is 19.0. The number of carbonyl (C=O) groups is 1. The van der Waals surface area contributed by atoms with Gasteiger partial charge in [-0.1, -0.05) is 72.8 Å². The Bertz CT molecular complexity index is 1210. The van der Waals surface area contributed by atoms with Crippen molar-refractivity contribution in [2.45, 2.75) is 24.5 Å². The summed E-state index contributed by atoms with van der Waals surface area (Å²) in [6.45, 7) is 0.518. The van der Waals surface area contributed by atoms with Gasteiger partial charge in [-0.3, -0.25) is 10.2 Å². The van der Waals surface area contributed by atoms with Crippen LogP contribution in [0.4, 0.5) is 0 Å². The molecule has 0 fully saturated rings. The van der Waals surface area contributed by atoms with Crippen LogP contribution in [0, 0.1) is 0 Å². The van der Waals surface area contributed by atoms with Gasteiger partial charge >= 0.3 is 0 Å². The largest absolute Gasteiger partial charge is 0.494 e. The summed E-state index contributed by atoms with van der Waals surface area (Å²) in [5, 5.41) is 10.6. The summed E-state index contributed by atoms with van der Waals surface area (Å²) in [4.78, 5) is 18.7. The molecule has 192 valence electrons. The van der Waals surface area contributed by atoms with Crippen molar-refractivity contribution in [3.05, 3.63) is 108 Å². The predicted octanol–water partition coefficient (Wildman–Crippen LogP) is 4.40. The van der Waals surface area contributed by atoms with Crippen molar-refractivity contribution < 1.29 is 19.4 Å². The number of aliphatic imine (C=N–C) groups is 1. The van der Waals surface area contributed by atoms with Crippen LogP contribution >= 0.6 is 0 Å². The fraction of sp³-hybridized carbons (Fsp3) is 0.267. The Labute approximate surface area is 218 Å². The maximum atomic E-state index is 13.8. The second-order valence-electron chi connectivity index (χ2n) is 9.05. The van der Waals surface area contributed by atoms with E-state index in [-0.39, 0.29) is 12.5 Å². The second kappa shape index (κ2) is 12.3. The van der Waals surface area contributed by atoms with Gasteiger partial charge in [-0.15, -0.1) is 0 Å². The average molecular weight is 500 g/mol. The number of nitrogens with one attached hydrogen (secondary N) is 1. The van der Waals surface area contributed by atoms with Crippen LogP contribution in [0.2, 0.25) is 0 Å². The number of nitrogens with zero attached hydrogens (tertiary/aromatic N) is 2. The first-order chi connectivity index (χ1) is 18.0. The van der Waals surface area contributed by atoms with E-state index in [1.165, 1.54) is 0 Å². The molecule has 0 saturated heterocycles. The lowest BCUT2D eigenvalue weighted by atomic mass is 9.84. The Morgan fingerprint density at radius 1 is 1.05 bits per heavy atom. The Morgan fingerprint density at radius 2 is 1.73 bits per heavy atom. The van der Waals surface area contributed by atoms with Crippen molar-refractivity contribution in [2.24, 2.45) is 4.99 Å². The molecule has 0 spiro atoms. The number of hydrogen-bond donors (Lipinski definition) is 2. The van der Waals surface area contributed by atoms with E-state index < -0.39 is 11.6 Å². The lowest BCUT2D eigenvalue weighted by Gasteiger charge is -2.30. The molecule has 0 bridgehead atoms. The summed E-state index contributed by atoms with van der Waals surface area (Å²) in [5.41, 5.74) is 4.36. The van der Waals surface area contributed by atoms with Crippen molar-refractivity contribution in [1.82, 2.24) is 10.4 Å². The van der Waals surface area contributed by atoms with E-state index in [0.29, 0.717) is 31.1 Å². The third-order valence-electron chi connectivity index (χ3n) is 6.00. The zero-order chi connectivity index (χ0) is 26.1. The molecule has 0 unspecified atom stereocenters. The Morgan fingerprint density at radius 3 is 2.38 bits per heavy atom. The Kier molecular flexibility index (Phi) is 8.72. The van der Waals surface area contributed by atoms with Gasteiger partial charge in [-0.05, 0) is 35.4 Å². The molecule has 1 amide bonds. The SMILES string of the molecule is CN(C)NC(=O)[C@@]1(C/C=C/c2ccccc2)N=C(c2ccc(OCCCO)cc2)O[C@H]1c1ccccc1. The molecule has 2 atom stereocenters. The van der Waals surface area contributed by atoms with Gasteiger partial charge < -0.3 is 14.6 Å². The van der Waals surface area contributed by atoms with Crippen LogP contribution in [0.25, 0.3) is 6.08 Å². The number of hydrazine groups is 1. The molecule has 0 saturated carbocycles. The molecular weight excluding hydrogens is 466 g/mol. The number of carbonyl (C=O) groups excluding carboxylic acids is 1. The summed E-state index contributed by atoms with van der Waals surface area (Å²) in [6.07, 6.45) is 4.26. The molecule has 4 rings (SSSR count). The van der Waals surface area contributed by atoms with Gasteiger partial charge in [0.1, 0.15) is 5.75 Å². The first kappa shape index (κ1) is 26.1. The summed E-state index contributed by atoms with van der Waals surface area (Å²) in [7, 11) is 3.55. The highest BCUT2D eigenvalue weighted by atomic mass is 16.5. The molecule has 2 N–H and O–H groups in total. The van der Waals surface area contributed by atoms with Crippen molar-refractivity contribution in [1.29, 1.82) is 0 Å². The summed E-state index contributed by atoms with van der Waals surface area (Å²) in [5.74, 6) is 0.846. The van der Waals surface area contributed by atoms with Crippen LogP contribution in [0.5, 0.6) is 5.75 Å². The predicted molar refractivity (Wildman–Crippen MR) is 145 cm³/mol. The highest BCUT2D eigenvalue weighted by Crippen LogP contribution is 2.43. The van der Waals surface area contributed by atoms with Crippen molar-refractivity contribution in [2.75, 3.05) is 27.3 Å². The molecule has 7 nitrogen and oxygen atoms in total. The van der Waals surface area contributed by atoms with Crippen LogP contribution in [0.3, 0.4) is 0 Å². The molecule has 0 aromatic heterocycles. The van der Waals surface area contributed by atoms with Crippen LogP contribution in [0.15, 0.2) is 96.0 Å². The maximum Gasteiger partial charge on any atom is 0.266 e. The number of aliphatic hydroxyl groups excluding tert-OH is 1. The molecule has 1 heterocycles. The molecule has 3 aromatic carbocycles. The highest BCUT2D eigenvalue weighted by Gasteiger charge is 2.52. The van der Waals surface area contributed by atoms with Crippen molar-refractivity contribution in [3.63, 3.8) is 0 Å². The highest BCUT2D eigenvalue weighted by molar-refractivity contribution is 6.01. The third kappa shape index (κ3) is 6.44. The van der Waals surface area contributed by atoms with Gasteiger partial charge in [0, 0.05) is 39.1 Å². The number of aliphatic hydroxyl groups is 1. The molecule has 0 radical (unpaired) electrons. The van der Waals surface area contributed by atoms with E-state index >= 15 is 0 Å². The van der Waals surface area contributed by atoms with E-state index in [4.69, 9.17) is 19.6 Å². The zero-order valence-electron chi connectivity index (χ0n) is 21.2. The first-order valence-corrected chi connectivity index (χ1v) is 12.4. The molecular formula is C30H33N3O4. The number of ether oxygens (including phenoxy) is 2. The van der Waals surface area contributed by atoms with Gasteiger partial charge in [0.2, 0.25) is 5.90 Å². The van der Waals surface area contributed by atoms with Crippen LogP contribution in [-0.2, 0) is 9.53 Å².